The van der Waals surface area contributed by atoms with Crippen LogP contribution in [0.25, 0.3) is 0 Å². The van der Waals surface area contributed by atoms with Crippen LogP contribution in [-0.2, 0) is 0 Å². The molecular formula is C12H17ClFN. The molecule has 15 heavy (non-hydrogen) atoms. The normalized spacial score (nSPS) is 11.7. The zero-order valence-electron chi connectivity index (χ0n) is 9.09. The molecule has 1 aromatic carbocycles. The van der Waals surface area contributed by atoms with Crippen molar-refractivity contribution < 1.29 is 4.39 Å². The Morgan fingerprint density at radius 2 is 2.13 bits per heavy atom. The molecule has 0 aliphatic heterocycles. The van der Waals surface area contributed by atoms with E-state index in [1.165, 1.54) is 6.07 Å². The van der Waals surface area contributed by atoms with Gasteiger partial charge in [-0.3, -0.25) is 0 Å². The predicted molar refractivity (Wildman–Crippen MR) is 64.7 cm³/mol. The third-order valence-corrected chi connectivity index (χ3v) is 2.18. The van der Waals surface area contributed by atoms with Crippen molar-refractivity contribution in [2.45, 2.75) is 26.3 Å². The molecular weight excluding hydrogens is 213 g/mol. The number of halogens is 2. The van der Waals surface area contributed by atoms with Crippen LogP contribution in [0, 0.1) is 12.7 Å². The van der Waals surface area contributed by atoms with Gasteiger partial charge in [0.1, 0.15) is 5.82 Å². The lowest BCUT2D eigenvalue weighted by molar-refractivity contribution is 0.614. The van der Waals surface area contributed by atoms with Gasteiger partial charge in [0, 0.05) is 6.04 Å². The summed E-state index contributed by atoms with van der Waals surface area (Å²) in [6.45, 7) is 7.49. The zero-order chi connectivity index (χ0) is 10.7. The second kappa shape index (κ2) is 5.89. The number of aryl methyl sites for hydroxylation is 1. The third-order valence-electron chi connectivity index (χ3n) is 2.18. The second-order valence-corrected chi connectivity index (χ2v) is 3.78. The van der Waals surface area contributed by atoms with Crippen molar-refractivity contribution in [3.05, 3.63) is 47.3 Å². The lowest BCUT2D eigenvalue weighted by Gasteiger charge is -2.12. The topological polar surface area (TPSA) is 26.0 Å². The summed E-state index contributed by atoms with van der Waals surface area (Å²) in [6, 6.07) is 4.91. The Kier molecular flexibility index (Phi) is 5.55. The average Bonchev–Trinajstić information content (AvgIpc) is 2.08. The van der Waals surface area contributed by atoms with Crippen LogP contribution in [0.15, 0.2) is 30.4 Å². The molecule has 0 spiro atoms. The minimum absolute atomic E-state index is 0. The van der Waals surface area contributed by atoms with Crippen molar-refractivity contribution in [3.63, 3.8) is 0 Å². The van der Waals surface area contributed by atoms with E-state index in [0.717, 1.165) is 17.6 Å². The van der Waals surface area contributed by atoms with Crippen molar-refractivity contribution in [3.8, 4) is 0 Å². The molecule has 0 unspecified atom stereocenters. The zero-order valence-corrected chi connectivity index (χ0v) is 9.90. The molecule has 84 valence electrons. The molecule has 0 saturated carbocycles. The maximum absolute atomic E-state index is 13.0. The second-order valence-electron chi connectivity index (χ2n) is 3.78. The summed E-state index contributed by atoms with van der Waals surface area (Å²) in [7, 11) is 0. The Labute approximate surface area is 96.6 Å². The first-order valence-electron chi connectivity index (χ1n) is 4.66. The summed E-state index contributed by atoms with van der Waals surface area (Å²) in [6.07, 6.45) is 0.741. The quantitative estimate of drug-likeness (QED) is 0.789. The molecule has 0 amide bonds. The van der Waals surface area contributed by atoms with Crippen LogP contribution in [0.3, 0.4) is 0 Å². The minimum Gasteiger partial charge on any atom is -0.324 e. The van der Waals surface area contributed by atoms with Gasteiger partial charge in [-0.15, -0.1) is 19.0 Å². The van der Waals surface area contributed by atoms with Crippen LogP contribution in [-0.4, -0.2) is 0 Å². The minimum atomic E-state index is -0.184. The highest BCUT2D eigenvalue weighted by atomic mass is 35.5. The third kappa shape index (κ3) is 4.02. The summed E-state index contributed by atoms with van der Waals surface area (Å²) < 4.78 is 13.0. The van der Waals surface area contributed by atoms with Gasteiger partial charge < -0.3 is 5.73 Å². The molecule has 0 heterocycles. The fourth-order valence-electron chi connectivity index (χ4n) is 1.39. The van der Waals surface area contributed by atoms with Crippen molar-refractivity contribution in [2.75, 3.05) is 0 Å². The highest BCUT2D eigenvalue weighted by Crippen LogP contribution is 2.19. The van der Waals surface area contributed by atoms with Crippen molar-refractivity contribution in [2.24, 2.45) is 5.73 Å². The molecule has 0 fully saturated rings. The Morgan fingerprint density at radius 1 is 1.53 bits per heavy atom. The molecule has 2 N–H and O–H groups in total. The van der Waals surface area contributed by atoms with E-state index in [1.807, 2.05) is 6.92 Å². The molecule has 0 aliphatic carbocycles. The molecule has 0 radical (unpaired) electrons. The van der Waals surface area contributed by atoms with Gasteiger partial charge in [-0.05, 0) is 37.5 Å². The van der Waals surface area contributed by atoms with E-state index < -0.39 is 0 Å². The molecule has 3 heteroatoms. The summed E-state index contributed by atoms with van der Waals surface area (Å²) in [5.74, 6) is -0.184. The van der Waals surface area contributed by atoms with Crippen LogP contribution < -0.4 is 5.73 Å². The van der Waals surface area contributed by atoms with Crippen LogP contribution in [0.1, 0.15) is 30.5 Å². The van der Waals surface area contributed by atoms with Gasteiger partial charge in [-0.1, -0.05) is 17.7 Å². The highest BCUT2D eigenvalue weighted by Gasteiger charge is 2.07. The molecule has 0 aromatic heterocycles. The fourth-order valence-corrected chi connectivity index (χ4v) is 1.39. The monoisotopic (exact) mass is 229 g/mol. The first kappa shape index (κ1) is 14.1. The van der Waals surface area contributed by atoms with E-state index in [0.29, 0.717) is 5.56 Å². The Bertz CT molecular complexity index is 349. The van der Waals surface area contributed by atoms with Crippen LogP contribution >= 0.6 is 12.4 Å². The standard InChI is InChI=1S/C12H16FN.ClH/c1-8(2)6-12(14)10-4-5-11(13)9(3)7-10;/h4-5,7,12H,1,6,14H2,2-3H3;1H/t12-;/m0./s1. The molecule has 0 saturated heterocycles. The summed E-state index contributed by atoms with van der Waals surface area (Å²) in [5, 5.41) is 0. The van der Waals surface area contributed by atoms with Gasteiger partial charge in [0.25, 0.3) is 0 Å². The van der Waals surface area contributed by atoms with Gasteiger partial charge in [0.15, 0.2) is 0 Å². The van der Waals surface area contributed by atoms with Crippen molar-refractivity contribution >= 4 is 12.4 Å². The molecule has 0 bridgehead atoms. The number of nitrogens with two attached hydrogens (primary N) is 1. The lowest BCUT2D eigenvalue weighted by atomic mass is 9.99. The SMILES string of the molecule is C=C(C)C[C@H](N)c1ccc(F)c(C)c1.Cl. The van der Waals surface area contributed by atoms with Crippen molar-refractivity contribution in [1.29, 1.82) is 0 Å². The lowest BCUT2D eigenvalue weighted by Crippen LogP contribution is -2.10. The van der Waals surface area contributed by atoms with Gasteiger partial charge in [-0.2, -0.15) is 0 Å². The Morgan fingerprint density at radius 3 is 2.60 bits per heavy atom. The summed E-state index contributed by atoms with van der Waals surface area (Å²) >= 11 is 0. The largest absolute Gasteiger partial charge is 0.324 e. The molecule has 1 nitrogen and oxygen atoms in total. The molecule has 1 atom stereocenters. The predicted octanol–water partition coefficient (Wildman–Crippen LogP) is 3.52. The number of hydrogen-bond donors (Lipinski definition) is 1. The fraction of sp³-hybridized carbons (Fsp3) is 0.333. The smallest absolute Gasteiger partial charge is 0.126 e. The summed E-state index contributed by atoms with van der Waals surface area (Å²) in [5.41, 5.74) is 8.58. The van der Waals surface area contributed by atoms with E-state index in [1.54, 1.807) is 19.1 Å². The van der Waals surface area contributed by atoms with Gasteiger partial charge >= 0.3 is 0 Å². The van der Waals surface area contributed by atoms with Crippen LogP contribution in [0.5, 0.6) is 0 Å². The highest BCUT2D eigenvalue weighted by molar-refractivity contribution is 5.85. The number of rotatable bonds is 3. The molecule has 1 rings (SSSR count). The maximum atomic E-state index is 13.0. The number of benzene rings is 1. The summed E-state index contributed by atoms with van der Waals surface area (Å²) in [4.78, 5) is 0. The van der Waals surface area contributed by atoms with Crippen LogP contribution in [0.4, 0.5) is 4.39 Å². The molecule has 1 aromatic rings. The van der Waals surface area contributed by atoms with E-state index in [-0.39, 0.29) is 24.3 Å². The molecule has 0 aliphatic rings. The van der Waals surface area contributed by atoms with E-state index in [2.05, 4.69) is 6.58 Å². The average molecular weight is 230 g/mol. The first-order chi connectivity index (χ1) is 6.50. The van der Waals surface area contributed by atoms with Crippen molar-refractivity contribution in [1.82, 2.24) is 0 Å². The van der Waals surface area contributed by atoms with Crippen LogP contribution in [0.2, 0.25) is 0 Å². The van der Waals surface area contributed by atoms with E-state index >= 15 is 0 Å². The van der Waals surface area contributed by atoms with Gasteiger partial charge in [0.2, 0.25) is 0 Å². The van der Waals surface area contributed by atoms with E-state index in [4.69, 9.17) is 5.73 Å². The van der Waals surface area contributed by atoms with Gasteiger partial charge in [-0.25, -0.2) is 4.39 Å². The first-order valence-corrected chi connectivity index (χ1v) is 4.66. The Balaban J connectivity index is 0.00000196. The maximum Gasteiger partial charge on any atom is 0.126 e. The van der Waals surface area contributed by atoms with E-state index in [9.17, 15) is 4.39 Å². The number of hydrogen-bond acceptors (Lipinski definition) is 1. The Hall–Kier alpha value is -0.860. The van der Waals surface area contributed by atoms with Gasteiger partial charge in [0.05, 0.1) is 0 Å².